The monoisotopic (exact) mass is 209 g/mol. The minimum Gasteiger partial charge on any atom is -0.508 e. The Balaban J connectivity index is 2.99. The van der Waals surface area contributed by atoms with E-state index in [2.05, 4.69) is 13.8 Å². The second-order valence-electron chi connectivity index (χ2n) is 4.21. The lowest BCUT2D eigenvalue weighted by atomic mass is 9.83. The van der Waals surface area contributed by atoms with Crippen LogP contribution in [0.4, 0.5) is 0 Å². The summed E-state index contributed by atoms with van der Waals surface area (Å²) in [4.78, 5) is 0. The van der Waals surface area contributed by atoms with Gasteiger partial charge in [0.25, 0.3) is 0 Å². The number of nitrogens with two attached hydrogens (primary N) is 1. The Morgan fingerprint density at radius 1 is 1.33 bits per heavy atom. The van der Waals surface area contributed by atoms with Crippen LogP contribution >= 0.6 is 0 Å². The third-order valence-electron chi connectivity index (χ3n) is 2.65. The molecule has 0 radical (unpaired) electrons. The minimum atomic E-state index is -0.285. The van der Waals surface area contributed by atoms with Gasteiger partial charge in [-0.15, -0.1) is 0 Å². The predicted molar refractivity (Wildman–Crippen MR) is 60.7 cm³/mol. The molecule has 1 rings (SSSR count). The summed E-state index contributed by atoms with van der Waals surface area (Å²) in [6.07, 6.45) is 0. The molecule has 0 aliphatic heterocycles. The first-order valence-corrected chi connectivity index (χ1v) is 5.21. The normalized spacial score (nSPS) is 15.3. The number of benzene rings is 1. The van der Waals surface area contributed by atoms with Gasteiger partial charge in [0.1, 0.15) is 5.75 Å². The van der Waals surface area contributed by atoms with Crippen molar-refractivity contribution < 1.29 is 10.2 Å². The Kier molecular flexibility index (Phi) is 4.12. The summed E-state index contributed by atoms with van der Waals surface area (Å²) < 4.78 is 0. The molecule has 0 spiro atoms. The van der Waals surface area contributed by atoms with Crippen molar-refractivity contribution in [2.24, 2.45) is 11.7 Å². The Morgan fingerprint density at radius 3 is 2.47 bits per heavy atom. The fraction of sp³-hybridized carbons (Fsp3) is 0.500. The van der Waals surface area contributed by atoms with E-state index in [4.69, 9.17) is 10.8 Å². The maximum Gasteiger partial charge on any atom is 0.115 e. The molecule has 1 aromatic carbocycles. The number of phenolic OH excluding ortho intramolecular Hbond substituents is 1. The van der Waals surface area contributed by atoms with Crippen molar-refractivity contribution in [3.8, 4) is 5.75 Å². The third-order valence-corrected chi connectivity index (χ3v) is 2.65. The Labute approximate surface area is 90.5 Å². The number of hydrogen-bond acceptors (Lipinski definition) is 3. The summed E-state index contributed by atoms with van der Waals surface area (Å²) in [7, 11) is 0. The molecule has 2 unspecified atom stereocenters. The maximum atomic E-state index is 9.39. The van der Waals surface area contributed by atoms with Crippen LogP contribution in [0.25, 0.3) is 0 Å². The first-order valence-electron chi connectivity index (χ1n) is 5.21. The number of aliphatic hydroxyl groups excluding tert-OH is 1. The molecule has 84 valence electrons. The van der Waals surface area contributed by atoms with Gasteiger partial charge in [-0.05, 0) is 23.6 Å². The van der Waals surface area contributed by atoms with Gasteiger partial charge < -0.3 is 15.9 Å². The first kappa shape index (κ1) is 12.0. The van der Waals surface area contributed by atoms with Gasteiger partial charge in [0.05, 0.1) is 6.61 Å². The average Bonchev–Trinajstić information content (AvgIpc) is 2.17. The highest BCUT2D eigenvalue weighted by Gasteiger charge is 2.22. The molecule has 0 saturated carbocycles. The zero-order valence-corrected chi connectivity index (χ0v) is 9.22. The van der Waals surface area contributed by atoms with E-state index in [-0.39, 0.29) is 24.3 Å². The van der Waals surface area contributed by atoms with Crippen LogP contribution < -0.4 is 5.73 Å². The number of phenols is 1. The van der Waals surface area contributed by atoms with Gasteiger partial charge in [-0.1, -0.05) is 26.0 Å². The highest BCUT2D eigenvalue weighted by atomic mass is 16.3. The Bertz CT molecular complexity index is 312. The standard InChI is InChI=1S/C12H19NO2/c1-8(2)12(11(13)7-14)9-4-3-5-10(15)6-9/h3-6,8,11-12,14-15H,7,13H2,1-2H3. The predicted octanol–water partition coefficient (Wildman–Crippen LogP) is 1.45. The summed E-state index contributed by atoms with van der Waals surface area (Å²) in [5, 5.41) is 18.5. The summed E-state index contributed by atoms with van der Waals surface area (Å²) >= 11 is 0. The molecule has 0 amide bonds. The van der Waals surface area contributed by atoms with Gasteiger partial charge in [-0.3, -0.25) is 0 Å². The molecule has 3 heteroatoms. The molecule has 0 aromatic heterocycles. The molecular formula is C12H19NO2. The van der Waals surface area contributed by atoms with Gasteiger partial charge in [0.2, 0.25) is 0 Å². The lowest BCUT2D eigenvalue weighted by molar-refractivity contribution is 0.232. The zero-order valence-electron chi connectivity index (χ0n) is 9.22. The van der Waals surface area contributed by atoms with Crippen molar-refractivity contribution in [3.63, 3.8) is 0 Å². The molecule has 0 saturated heterocycles. The van der Waals surface area contributed by atoms with E-state index in [1.54, 1.807) is 18.2 Å². The van der Waals surface area contributed by atoms with E-state index in [0.29, 0.717) is 5.92 Å². The zero-order chi connectivity index (χ0) is 11.4. The van der Waals surface area contributed by atoms with E-state index >= 15 is 0 Å². The van der Waals surface area contributed by atoms with Gasteiger partial charge in [-0.25, -0.2) is 0 Å². The minimum absolute atomic E-state index is 0.0432. The maximum absolute atomic E-state index is 9.39. The van der Waals surface area contributed by atoms with Crippen molar-refractivity contribution in [1.82, 2.24) is 0 Å². The van der Waals surface area contributed by atoms with Crippen LogP contribution in [0.5, 0.6) is 5.75 Å². The van der Waals surface area contributed by atoms with E-state index in [1.165, 1.54) is 0 Å². The summed E-state index contributed by atoms with van der Waals surface area (Å²) in [6, 6.07) is 6.78. The third kappa shape index (κ3) is 2.94. The van der Waals surface area contributed by atoms with Crippen LogP contribution in [0.2, 0.25) is 0 Å². The number of hydrogen-bond donors (Lipinski definition) is 3. The van der Waals surface area contributed by atoms with Gasteiger partial charge in [-0.2, -0.15) is 0 Å². The van der Waals surface area contributed by atoms with E-state index in [1.807, 2.05) is 6.07 Å². The molecule has 1 aromatic rings. The SMILES string of the molecule is CC(C)C(c1cccc(O)c1)C(N)CO. The second-order valence-corrected chi connectivity index (χ2v) is 4.21. The van der Waals surface area contributed by atoms with Crippen LogP contribution in [0.15, 0.2) is 24.3 Å². The molecule has 2 atom stereocenters. The van der Waals surface area contributed by atoms with Crippen molar-refractivity contribution in [2.75, 3.05) is 6.61 Å². The lowest BCUT2D eigenvalue weighted by Gasteiger charge is -2.26. The average molecular weight is 209 g/mol. The van der Waals surface area contributed by atoms with Crippen LogP contribution in [-0.4, -0.2) is 22.9 Å². The van der Waals surface area contributed by atoms with Crippen molar-refractivity contribution >= 4 is 0 Å². The molecule has 15 heavy (non-hydrogen) atoms. The topological polar surface area (TPSA) is 66.5 Å². The fourth-order valence-electron chi connectivity index (χ4n) is 1.97. The molecule has 0 aliphatic carbocycles. The van der Waals surface area contributed by atoms with Gasteiger partial charge >= 0.3 is 0 Å². The summed E-state index contributed by atoms with van der Waals surface area (Å²) in [5.74, 6) is 0.638. The number of rotatable bonds is 4. The van der Waals surface area contributed by atoms with Crippen LogP contribution in [0.1, 0.15) is 25.3 Å². The molecule has 0 fully saturated rings. The molecular weight excluding hydrogens is 190 g/mol. The van der Waals surface area contributed by atoms with Crippen LogP contribution in [0.3, 0.4) is 0 Å². The molecule has 0 aliphatic rings. The van der Waals surface area contributed by atoms with E-state index < -0.39 is 0 Å². The van der Waals surface area contributed by atoms with E-state index in [0.717, 1.165) is 5.56 Å². The van der Waals surface area contributed by atoms with Crippen LogP contribution in [-0.2, 0) is 0 Å². The quantitative estimate of drug-likeness (QED) is 0.703. The smallest absolute Gasteiger partial charge is 0.115 e. The Morgan fingerprint density at radius 2 is 2.00 bits per heavy atom. The lowest BCUT2D eigenvalue weighted by Crippen LogP contribution is -2.34. The summed E-state index contributed by atoms with van der Waals surface area (Å²) in [5.41, 5.74) is 6.85. The second kappa shape index (κ2) is 5.14. The molecule has 3 nitrogen and oxygen atoms in total. The van der Waals surface area contributed by atoms with Gasteiger partial charge in [0.15, 0.2) is 0 Å². The van der Waals surface area contributed by atoms with Crippen molar-refractivity contribution in [2.45, 2.75) is 25.8 Å². The molecule has 4 N–H and O–H groups in total. The van der Waals surface area contributed by atoms with Crippen molar-refractivity contribution in [3.05, 3.63) is 29.8 Å². The number of aliphatic hydroxyl groups is 1. The number of aromatic hydroxyl groups is 1. The van der Waals surface area contributed by atoms with Crippen LogP contribution in [0, 0.1) is 5.92 Å². The van der Waals surface area contributed by atoms with Gasteiger partial charge in [0, 0.05) is 12.0 Å². The first-order chi connectivity index (χ1) is 7.06. The molecule has 0 bridgehead atoms. The van der Waals surface area contributed by atoms with E-state index in [9.17, 15) is 5.11 Å². The Hall–Kier alpha value is -1.06. The van der Waals surface area contributed by atoms with Crippen molar-refractivity contribution in [1.29, 1.82) is 0 Å². The largest absolute Gasteiger partial charge is 0.508 e. The highest BCUT2D eigenvalue weighted by molar-refractivity contribution is 5.31. The fourth-order valence-corrected chi connectivity index (χ4v) is 1.97. The molecule has 0 heterocycles. The highest BCUT2D eigenvalue weighted by Crippen LogP contribution is 2.28. The summed E-state index contributed by atoms with van der Waals surface area (Å²) in [6.45, 7) is 4.08.